The van der Waals surface area contributed by atoms with Gasteiger partial charge in [0, 0.05) is 12.7 Å². The Balaban J connectivity index is 2.15. The highest BCUT2D eigenvalue weighted by Gasteiger charge is 2.25. The lowest BCUT2D eigenvalue weighted by atomic mass is 10.0. The van der Waals surface area contributed by atoms with E-state index in [4.69, 9.17) is 0 Å². The average molecular weight is 360 g/mol. The fraction of sp³-hybridized carbons (Fsp3) is 0.316. The number of sulfonamides is 1. The highest BCUT2D eigenvalue weighted by molar-refractivity contribution is 7.89. The lowest BCUT2D eigenvalue weighted by molar-refractivity contribution is -0.119. The number of nitrogens with zero attached hydrogens (tertiary/aromatic N) is 1. The zero-order chi connectivity index (χ0) is 18.6. The maximum Gasteiger partial charge on any atom is 0.244 e. The van der Waals surface area contributed by atoms with E-state index in [2.05, 4.69) is 18.6 Å². The van der Waals surface area contributed by atoms with Crippen molar-refractivity contribution in [2.24, 2.45) is 0 Å². The molecular formula is C19H24N2O3S. The van der Waals surface area contributed by atoms with Crippen LogP contribution in [0.3, 0.4) is 0 Å². The topological polar surface area (TPSA) is 66.5 Å². The van der Waals surface area contributed by atoms with E-state index in [0.717, 1.165) is 11.3 Å². The van der Waals surface area contributed by atoms with E-state index in [1.165, 1.54) is 17.0 Å². The molecule has 0 aliphatic rings. The van der Waals surface area contributed by atoms with Gasteiger partial charge in [-0.15, -0.1) is 0 Å². The highest BCUT2D eigenvalue weighted by atomic mass is 32.2. The molecule has 0 saturated heterocycles. The summed E-state index contributed by atoms with van der Waals surface area (Å²) in [4.78, 5) is 14.2. The van der Waals surface area contributed by atoms with Crippen LogP contribution in [0.15, 0.2) is 59.5 Å². The SMILES string of the molecule is CC(C)c1cccc(N(C)C(=O)[C@H](C)NS(=O)(=O)c2ccccc2)c1. The second-order valence-corrected chi connectivity index (χ2v) is 8.02. The number of carbonyl (C=O) groups excluding carboxylic acids is 1. The molecule has 2 aromatic carbocycles. The third-order valence-electron chi connectivity index (χ3n) is 4.01. The molecule has 0 unspecified atom stereocenters. The van der Waals surface area contributed by atoms with Crippen LogP contribution in [-0.2, 0) is 14.8 Å². The van der Waals surface area contributed by atoms with Crippen LogP contribution in [0.4, 0.5) is 5.69 Å². The molecule has 25 heavy (non-hydrogen) atoms. The van der Waals surface area contributed by atoms with Crippen LogP contribution in [0.1, 0.15) is 32.3 Å². The molecule has 0 aliphatic carbocycles. The minimum absolute atomic E-state index is 0.138. The van der Waals surface area contributed by atoms with Crippen molar-refractivity contribution in [3.8, 4) is 0 Å². The van der Waals surface area contributed by atoms with Crippen molar-refractivity contribution in [3.05, 3.63) is 60.2 Å². The van der Waals surface area contributed by atoms with Crippen molar-refractivity contribution in [3.63, 3.8) is 0 Å². The monoisotopic (exact) mass is 360 g/mol. The van der Waals surface area contributed by atoms with Crippen molar-refractivity contribution >= 4 is 21.6 Å². The molecule has 0 bridgehead atoms. The molecule has 5 nitrogen and oxygen atoms in total. The lowest BCUT2D eigenvalue weighted by Gasteiger charge is -2.23. The van der Waals surface area contributed by atoms with E-state index in [-0.39, 0.29) is 10.8 Å². The Morgan fingerprint density at radius 2 is 1.64 bits per heavy atom. The van der Waals surface area contributed by atoms with E-state index >= 15 is 0 Å². The van der Waals surface area contributed by atoms with E-state index < -0.39 is 16.1 Å². The molecule has 0 spiro atoms. The minimum atomic E-state index is -3.74. The summed E-state index contributed by atoms with van der Waals surface area (Å²) in [6, 6.07) is 14.8. The summed E-state index contributed by atoms with van der Waals surface area (Å²) in [6.07, 6.45) is 0. The Bertz CT molecular complexity index is 833. The molecule has 1 amide bonds. The molecule has 1 N–H and O–H groups in total. The number of anilines is 1. The van der Waals surface area contributed by atoms with Gasteiger partial charge in [0.15, 0.2) is 0 Å². The van der Waals surface area contributed by atoms with Crippen LogP contribution in [0.5, 0.6) is 0 Å². The van der Waals surface area contributed by atoms with Crippen LogP contribution in [-0.4, -0.2) is 27.4 Å². The molecule has 0 aromatic heterocycles. The van der Waals surface area contributed by atoms with Crippen molar-refractivity contribution in [2.45, 2.75) is 37.6 Å². The molecule has 1 atom stereocenters. The van der Waals surface area contributed by atoms with Crippen molar-refractivity contribution < 1.29 is 13.2 Å². The summed E-state index contributed by atoms with van der Waals surface area (Å²) < 4.78 is 27.2. The Kier molecular flexibility index (Phi) is 5.98. The van der Waals surface area contributed by atoms with Crippen LogP contribution in [0.2, 0.25) is 0 Å². The average Bonchev–Trinajstić information content (AvgIpc) is 2.60. The molecule has 0 radical (unpaired) electrons. The summed E-state index contributed by atoms with van der Waals surface area (Å²) in [7, 11) is -2.09. The first-order valence-corrected chi connectivity index (χ1v) is 9.65. The molecule has 0 fully saturated rings. The van der Waals surface area contributed by atoms with Crippen LogP contribution >= 0.6 is 0 Å². The smallest absolute Gasteiger partial charge is 0.244 e. The Morgan fingerprint density at radius 1 is 1.00 bits per heavy atom. The Hall–Kier alpha value is -2.18. The Morgan fingerprint density at radius 3 is 2.24 bits per heavy atom. The summed E-state index contributed by atoms with van der Waals surface area (Å²) in [6.45, 7) is 5.71. The van der Waals surface area contributed by atoms with Crippen molar-refractivity contribution in [2.75, 3.05) is 11.9 Å². The molecule has 134 valence electrons. The first-order valence-electron chi connectivity index (χ1n) is 8.17. The zero-order valence-electron chi connectivity index (χ0n) is 14.9. The summed E-state index contributed by atoms with van der Waals surface area (Å²) in [5, 5.41) is 0. The number of hydrogen-bond donors (Lipinski definition) is 1. The zero-order valence-corrected chi connectivity index (χ0v) is 15.7. The summed E-state index contributed by atoms with van der Waals surface area (Å²) >= 11 is 0. The number of amides is 1. The van der Waals surface area contributed by atoms with Crippen molar-refractivity contribution in [1.82, 2.24) is 4.72 Å². The quantitative estimate of drug-likeness (QED) is 0.861. The van der Waals surface area contributed by atoms with Crippen molar-refractivity contribution in [1.29, 1.82) is 0 Å². The molecule has 2 aromatic rings. The minimum Gasteiger partial charge on any atom is -0.314 e. The highest BCUT2D eigenvalue weighted by Crippen LogP contribution is 2.21. The number of rotatable bonds is 6. The van der Waals surface area contributed by atoms with Gasteiger partial charge in [-0.2, -0.15) is 4.72 Å². The predicted octanol–water partition coefficient (Wildman–Crippen LogP) is 3.14. The number of hydrogen-bond acceptors (Lipinski definition) is 3. The van der Waals surface area contributed by atoms with Gasteiger partial charge in [0.2, 0.25) is 15.9 Å². The van der Waals surface area contributed by atoms with Gasteiger partial charge in [0.25, 0.3) is 0 Å². The fourth-order valence-corrected chi connectivity index (χ4v) is 3.68. The van der Waals surface area contributed by atoms with Crippen LogP contribution in [0.25, 0.3) is 0 Å². The van der Waals surface area contributed by atoms with Crippen LogP contribution in [0, 0.1) is 0 Å². The van der Waals surface area contributed by atoms with Gasteiger partial charge >= 0.3 is 0 Å². The van der Waals surface area contributed by atoms with Gasteiger partial charge in [-0.25, -0.2) is 8.42 Å². The summed E-state index contributed by atoms with van der Waals surface area (Å²) in [5.41, 5.74) is 1.86. The predicted molar refractivity (Wildman–Crippen MR) is 100 cm³/mol. The Labute approximate surface area is 149 Å². The first-order chi connectivity index (χ1) is 11.7. The number of likely N-dealkylation sites (N-methyl/N-ethyl adjacent to an activating group) is 1. The first kappa shape index (κ1) is 19.1. The van der Waals surface area contributed by atoms with E-state index in [1.54, 1.807) is 32.2 Å². The molecule has 6 heteroatoms. The summed E-state index contributed by atoms with van der Waals surface area (Å²) in [5.74, 6) is 0.0258. The maximum atomic E-state index is 12.6. The second kappa shape index (κ2) is 7.80. The molecular weight excluding hydrogens is 336 g/mol. The van der Waals surface area contributed by atoms with E-state index in [9.17, 15) is 13.2 Å². The molecule has 2 rings (SSSR count). The second-order valence-electron chi connectivity index (χ2n) is 6.30. The maximum absolute atomic E-state index is 12.6. The van der Waals surface area contributed by atoms with Crippen LogP contribution < -0.4 is 9.62 Å². The normalized spacial score (nSPS) is 12.8. The lowest BCUT2D eigenvalue weighted by Crippen LogP contribution is -2.45. The van der Waals surface area contributed by atoms with E-state index in [0.29, 0.717) is 5.92 Å². The van der Waals surface area contributed by atoms with Gasteiger partial charge in [-0.05, 0) is 42.7 Å². The molecule has 0 saturated carbocycles. The molecule has 0 heterocycles. The largest absolute Gasteiger partial charge is 0.314 e. The number of carbonyl (C=O) groups is 1. The van der Waals surface area contributed by atoms with Gasteiger partial charge in [-0.1, -0.05) is 44.2 Å². The van der Waals surface area contributed by atoms with Gasteiger partial charge in [0.05, 0.1) is 10.9 Å². The fourth-order valence-electron chi connectivity index (χ4n) is 2.46. The number of nitrogens with one attached hydrogen (secondary N) is 1. The van der Waals surface area contributed by atoms with Gasteiger partial charge in [0.1, 0.15) is 0 Å². The molecule has 0 aliphatic heterocycles. The third kappa shape index (κ3) is 4.67. The van der Waals surface area contributed by atoms with Gasteiger partial charge < -0.3 is 4.90 Å². The number of benzene rings is 2. The van der Waals surface area contributed by atoms with Gasteiger partial charge in [-0.3, -0.25) is 4.79 Å². The standard InChI is InChI=1S/C19H24N2O3S/c1-14(2)16-9-8-10-17(13-16)21(4)19(22)15(3)20-25(23,24)18-11-6-5-7-12-18/h5-15,20H,1-4H3/t15-/m0/s1. The third-order valence-corrected chi connectivity index (χ3v) is 5.57. The van der Waals surface area contributed by atoms with E-state index in [1.807, 2.05) is 24.3 Å².